The summed E-state index contributed by atoms with van der Waals surface area (Å²) in [6.45, 7) is 5.67. The van der Waals surface area contributed by atoms with Gasteiger partial charge in [0.1, 0.15) is 5.82 Å². The number of rotatable bonds is 4. The lowest BCUT2D eigenvalue weighted by Gasteiger charge is -2.14. The maximum atomic E-state index is 12.1. The summed E-state index contributed by atoms with van der Waals surface area (Å²) in [4.78, 5) is 18.5. The molecule has 1 saturated heterocycles. The molecule has 2 aromatic rings. The fourth-order valence-corrected chi connectivity index (χ4v) is 2.77. The Balaban J connectivity index is 1.53. The molecule has 8 heteroatoms. The van der Waals surface area contributed by atoms with Crippen molar-refractivity contribution in [2.45, 2.75) is 26.2 Å². The number of amides is 1. The summed E-state index contributed by atoms with van der Waals surface area (Å²) in [7, 11) is 1.81. The second-order valence-corrected chi connectivity index (χ2v) is 5.74. The molecule has 1 aliphatic heterocycles. The number of hydrogen-bond acceptors (Lipinski definition) is 6. The topological polar surface area (TPSA) is 89.1 Å². The highest BCUT2D eigenvalue weighted by atomic mass is 16.5. The zero-order valence-corrected chi connectivity index (χ0v) is 13.0. The maximum absolute atomic E-state index is 12.1. The molecule has 1 amide bonds. The van der Waals surface area contributed by atoms with Crippen LogP contribution in [0.4, 0.5) is 5.82 Å². The van der Waals surface area contributed by atoms with Crippen LogP contribution in [-0.2, 0) is 11.8 Å². The van der Waals surface area contributed by atoms with E-state index in [2.05, 4.69) is 25.5 Å². The van der Waals surface area contributed by atoms with Crippen LogP contribution in [0.15, 0.2) is 10.6 Å². The third-order valence-electron chi connectivity index (χ3n) is 3.80. The summed E-state index contributed by atoms with van der Waals surface area (Å²) in [6, 6.07) is 1.85. The van der Waals surface area contributed by atoms with E-state index in [0.29, 0.717) is 24.1 Å². The van der Waals surface area contributed by atoms with Gasteiger partial charge < -0.3 is 9.84 Å². The van der Waals surface area contributed by atoms with E-state index in [1.54, 1.807) is 4.68 Å². The Bertz CT molecular complexity index is 677. The molecule has 8 nitrogen and oxygen atoms in total. The summed E-state index contributed by atoms with van der Waals surface area (Å²) < 4.78 is 6.88. The molecule has 1 N–H and O–H groups in total. The highest BCUT2D eigenvalue weighted by molar-refractivity contribution is 5.91. The number of anilines is 1. The summed E-state index contributed by atoms with van der Waals surface area (Å²) in [5, 5.41) is 10.9. The minimum Gasteiger partial charge on any atom is -0.339 e. The Hall–Kier alpha value is -2.22. The van der Waals surface area contributed by atoms with Crippen molar-refractivity contribution >= 4 is 11.7 Å². The lowest BCUT2D eigenvalue weighted by molar-refractivity contribution is -0.117. The van der Waals surface area contributed by atoms with Crippen LogP contribution in [0.25, 0.3) is 0 Å². The third kappa shape index (κ3) is 3.16. The number of aryl methyl sites for hydroxylation is 3. The highest BCUT2D eigenvalue weighted by Gasteiger charge is 2.29. The van der Waals surface area contributed by atoms with Crippen molar-refractivity contribution in [1.82, 2.24) is 24.8 Å². The van der Waals surface area contributed by atoms with Crippen molar-refractivity contribution in [1.29, 1.82) is 0 Å². The standard InChI is InChI=1S/C14H20N6O2/c1-9-6-12(19(3)17-9)16-13(21)8-20-5-4-11(7-20)14-15-10(2)18-22-14/h6,11H,4-5,7-8H2,1-3H3,(H,16,21). The van der Waals surface area contributed by atoms with Crippen LogP contribution in [0.5, 0.6) is 0 Å². The van der Waals surface area contributed by atoms with Crippen LogP contribution < -0.4 is 5.32 Å². The van der Waals surface area contributed by atoms with Crippen molar-refractivity contribution in [3.63, 3.8) is 0 Å². The molecule has 0 aromatic carbocycles. The van der Waals surface area contributed by atoms with Crippen molar-refractivity contribution < 1.29 is 9.32 Å². The van der Waals surface area contributed by atoms with Crippen molar-refractivity contribution in [2.75, 3.05) is 25.0 Å². The number of carbonyl (C=O) groups is 1. The van der Waals surface area contributed by atoms with Crippen LogP contribution in [0.2, 0.25) is 0 Å². The van der Waals surface area contributed by atoms with E-state index in [4.69, 9.17) is 4.52 Å². The fraction of sp³-hybridized carbons (Fsp3) is 0.571. The Morgan fingerprint density at radius 1 is 1.50 bits per heavy atom. The smallest absolute Gasteiger partial charge is 0.239 e. The van der Waals surface area contributed by atoms with Gasteiger partial charge in [-0.1, -0.05) is 5.16 Å². The molecule has 1 atom stereocenters. The van der Waals surface area contributed by atoms with Gasteiger partial charge in [0.25, 0.3) is 0 Å². The van der Waals surface area contributed by atoms with Gasteiger partial charge in [0.15, 0.2) is 5.82 Å². The first-order chi connectivity index (χ1) is 10.5. The van der Waals surface area contributed by atoms with E-state index in [9.17, 15) is 4.79 Å². The van der Waals surface area contributed by atoms with Crippen LogP contribution in [-0.4, -0.2) is 50.4 Å². The molecule has 0 spiro atoms. The molecule has 0 saturated carbocycles. The number of aromatic nitrogens is 4. The van der Waals surface area contributed by atoms with Crippen molar-refractivity contribution in [2.24, 2.45) is 7.05 Å². The quantitative estimate of drug-likeness (QED) is 0.900. The van der Waals surface area contributed by atoms with Gasteiger partial charge in [0, 0.05) is 19.7 Å². The molecule has 1 unspecified atom stereocenters. The van der Waals surface area contributed by atoms with Gasteiger partial charge in [-0.2, -0.15) is 10.1 Å². The van der Waals surface area contributed by atoms with Crippen LogP contribution in [0.3, 0.4) is 0 Å². The summed E-state index contributed by atoms with van der Waals surface area (Å²) in [6.07, 6.45) is 0.930. The molecule has 3 rings (SSSR count). The van der Waals surface area contributed by atoms with Gasteiger partial charge in [-0.05, 0) is 26.8 Å². The number of nitrogens with one attached hydrogen (secondary N) is 1. The molecule has 0 bridgehead atoms. The van der Waals surface area contributed by atoms with E-state index in [1.807, 2.05) is 27.0 Å². The molecular weight excluding hydrogens is 284 g/mol. The number of nitrogens with zero attached hydrogens (tertiary/aromatic N) is 5. The summed E-state index contributed by atoms with van der Waals surface area (Å²) >= 11 is 0. The van der Waals surface area contributed by atoms with Crippen LogP contribution in [0, 0.1) is 13.8 Å². The van der Waals surface area contributed by atoms with E-state index in [-0.39, 0.29) is 11.8 Å². The average molecular weight is 304 g/mol. The Morgan fingerprint density at radius 3 is 2.95 bits per heavy atom. The summed E-state index contributed by atoms with van der Waals surface area (Å²) in [5.41, 5.74) is 0.880. The number of carbonyl (C=O) groups excluding carboxylic acids is 1. The van der Waals surface area contributed by atoms with E-state index in [1.165, 1.54) is 0 Å². The molecule has 1 aliphatic rings. The fourth-order valence-electron chi connectivity index (χ4n) is 2.77. The normalized spacial score (nSPS) is 18.8. The van der Waals surface area contributed by atoms with Crippen molar-refractivity contribution in [3.05, 3.63) is 23.5 Å². The maximum Gasteiger partial charge on any atom is 0.239 e. The van der Waals surface area contributed by atoms with E-state index < -0.39 is 0 Å². The first-order valence-electron chi connectivity index (χ1n) is 7.34. The van der Waals surface area contributed by atoms with Gasteiger partial charge in [0.2, 0.25) is 11.8 Å². The molecule has 0 aliphatic carbocycles. The van der Waals surface area contributed by atoms with Gasteiger partial charge in [-0.25, -0.2) is 0 Å². The Labute approximate surface area is 128 Å². The number of hydrogen-bond donors (Lipinski definition) is 1. The predicted molar refractivity (Wildman–Crippen MR) is 79.4 cm³/mol. The lowest BCUT2D eigenvalue weighted by atomic mass is 10.1. The Morgan fingerprint density at radius 2 is 2.32 bits per heavy atom. The first kappa shape index (κ1) is 14.7. The molecule has 1 fully saturated rings. The second-order valence-electron chi connectivity index (χ2n) is 5.74. The average Bonchev–Trinajstić information content (AvgIpc) is 3.12. The summed E-state index contributed by atoms with van der Waals surface area (Å²) in [5.74, 6) is 2.21. The SMILES string of the molecule is Cc1cc(NC(=O)CN2CCC(c3nc(C)no3)C2)n(C)n1. The molecule has 118 valence electrons. The van der Waals surface area contributed by atoms with Crippen LogP contribution in [0.1, 0.15) is 29.7 Å². The number of likely N-dealkylation sites (tertiary alicyclic amines) is 1. The first-order valence-corrected chi connectivity index (χ1v) is 7.34. The second kappa shape index (κ2) is 5.88. The molecule has 2 aromatic heterocycles. The molecule has 22 heavy (non-hydrogen) atoms. The molecule has 3 heterocycles. The van der Waals surface area contributed by atoms with Gasteiger partial charge in [0.05, 0.1) is 18.2 Å². The zero-order valence-electron chi connectivity index (χ0n) is 13.0. The largest absolute Gasteiger partial charge is 0.339 e. The minimum atomic E-state index is -0.0367. The van der Waals surface area contributed by atoms with Gasteiger partial charge >= 0.3 is 0 Å². The van der Waals surface area contributed by atoms with Gasteiger partial charge in [-0.3, -0.25) is 14.4 Å². The molecule has 0 radical (unpaired) electrons. The predicted octanol–water partition coefficient (Wildman–Crippen LogP) is 0.848. The Kier molecular flexibility index (Phi) is 3.93. The molecular formula is C14H20N6O2. The van der Waals surface area contributed by atoms with E-state index >= 15 is 0 Å². The zero-order chi connectivity index (χ0) is 15.7. The van der Waals surface area contributed by atoms with E-state index in [0.717, 1.165) is 25.2 Å². The third-order valence-corrected chi connectivity index (χ3v) is 3.80. The van der Waals surface area contributed by atoms with Crippen molar-refractivity contribution in [3.8, 4) is 0 Å². The van der Waals surface area contributed by atoms with Gasteiger partial charge in [-0.15, -0.1) is 0 Å². The lowest BCUT2D eigenvalue weighted by Crippen LogP contribution is -2.32. The van der Waals surface area contributed by atoms with Crippen LogP contribution >= 0.6 is 0 Å². The monoisotopic (exact) mass is 304 g/mol. The minimum absolute atomic E-state index is 0.0367. The highest BCUT2D eigenvalue weighted by Crippen LogP contribution is 2.25.